The highest BCUT2D eigenvalue weighted by Gasteiger charge is 2.29. The van der Waals surface area contributed by atoms with Crippen LogP contribution in [0.5, 0.6) is 0 Å². The fourth-order valence-corrected chi connectivity index (χ4v) is 0.900. The molecule has 0 aromatic carbocycles. The molecule has 0 saturated carbocycles. The summed E-state index contributed by atoms with van der Waals surface area (Å²) in [5.41, 5.74) is 0.725. The van der Waals surface area contributed by atoms with Gasteiger partial charge >= 0.3 is 0 Å². The highest BCUT2D eigenvalue weighted by atomic mass is 16.3. The fraction of sp³-hybridized carbons (Fsp3) is 0. The van der Waals surface area contributed by atoms with Crippen LogP contribution in [0.25, 0.3) is 0 Å². The zero-order valence-corrected chi connectivity index (χ0v) is 5.72. The van der Waals surface area contributed by atoms with Gasteiger partial charge in [-0.1, -0.05) is 12.7 Å². The predicted octanol–water partition coefficient (Wildman–Crippen LogP) is 0.0842. The minimum Gasteiger partial charge on any atom is -0.506 e. The highest BCUT2D eigenvalue weighted by molar-refractivity contribution is 6.28. The number of carbonyl (C=O) groups excluding carboxylic acids is 1. The average molecular weight is 134 g/mol. The van der Waals surface area contributed by atoms with Crippen LogP contribution in [0.3, 0.4) is 0 Å². The van der Waals surface area contributed by atoms with Gasteiger partial charge in [-0.25, -0.2) is 0 Å². The van der Waals surface area contributed by atoms with E-state index in [9.17, 15) is 4.79 Å². The molecule has 1 N–H and O–H groups in total. The molecule has 0 aromatic rings. The molecule has 0 aromatic heterocycles. The van der Waals surface area contributed by atoms with Crippen molar-refractivity contribution in [1.82, 2.24) is 0 Å². The summed E-state index contributed by atoms with van der Waals surface area (Å²) >= 11 is 0. The van der Waals surface area contributed by atoms with Crippen LogP contribution in [-0.2, 0) is 4.79 Å². The number of hydrogen-bond acceptors (Lipinski definition) is 2. The molecule has 10 heavy (non-hydrogen) atoms. The predicted molar refractivity (Wildman–Crippen MR) is 41.5 cm³/mol. The molecule has 0 radical (unpaired) electrons. The summed E-state index contributed by atoms with van der Waals surface area (Å²) < 4.78 is 0. The number of ketones is 1. The number of allylic oxidation sites excluding steroid dienone is 3. The number of aliphatic hydroxyl groups is 1. The van der Waals surface area contributed by atoms with Crippen molar-refractivity contribution < 1.29 is 9.90 Å². The molecule has 0 aliphatic heterocycles. The number of aliphatic hydroxyl groups excluding tert-OH is 1. The third-order valence-corrected chi connectivity index (χ3v) is 1.49. The quantitative estimate of drug-likeness (QED) is 0.407. The summed E-state index contributed by atoms with van der Waals surface area (Å²) in [6.45, 7) is 3.39. The van der Waals surface area contributed by atoms with E-state index in [-0.39, 0.29) is 11.5 Å². The van der Waals surface area contributed by atoms with Gasteiger partial charge in [0.25, 0.3) is 0 Å². The minimum atomic E-state index is -0.116. The van der Waals surface area contributed by atoms with Gasteiger partial charge in [-0.05, 0) is 0 Å². The van der Waals surface area contributed by atoms with Crippen LogP contribution < -0.4 is 0 Å². The molecule has 0 amide bonds. The van der Waals surface area contributed by atoms with Crippen LogP contribution in [-0.4, -0.2) is 18.7 Å². The van der Waals surface area contributed by atoms with Gasteiger partial charge in [0, 0.05) is 0 Å². The lowest BCUT2D eigenvalue weighted by Crippen LogP contribution is -2.20. The van der Waals surface area contributed by atoms with E-state index in [1.807, 2.05) is 0 Å². The molecule has 50 valence electrons. The first-order valence-corrected chi connectivity index (χ1v) is 2.99. The van der Waals surface area contributed by atoms with E-state index in [0.29, 0.717) is 11.1 Å². The van der Waals surface area contributed by atoms with Crippen LogP contribution in [0.4, 0.5) is 0 Å². The van der Waals surface area contributed by atoms with Gasteiger partial charge in [0.05, 0.1) is 11.1 Å². The molecule has 2 nitrogen and oxygen atoms in total. The Morgan fingerprint density at radius 1 is 1.60 bits per heavy atom. The lowest BCUT2D eigenvalue weighted by atomic mass is 9.84. The van der Waals surface area contributed by atoms with Crippen LogP contribution >= 0.6 is 0 Å². The third-order valence-electron chi connectivity index (χ3n) is 1.49. The summed E-state index contributed by atoms with van der Waals surface area (Å²) in [7, 11) is 1.71. The van der Waals surface area contributed by atoms with E-state index in [1.54, 1.807) is 13.8 Å². The molecule has 0 bridgehead atoms. The molecule has 0 heterocycles. The van der Waals surface area contributed by atoms with Crippen molar-refractivity contribution in [3.8, 4) is 0 Å². The first-order chi connectivity index (χ1) is 4.72. The summed E-state index contributed by atoms with van der Waals surface area (Å²) in [6, 6.07) is 0. The maximum atomic E-state index is 10.9. The molecule has 0 unspecified atom stereocenters. The fourth-order valence-electron chi connectivity index (χ4n) is 0.900. The standard InChI is InChI=1S/C7H7BO2/c1-2-4-6(9)5(3-8)7(4)10/h2-3,9H,1,8H2/b5-3+. The van der Waals surface area contributed by atoms with E-state index in [0.717, 1.165) is 0 Å². The van der Waals surface area contributed by atoms with Crippen molar-refractivity contribution >= 4 is 13.6 Å². The maximum absolute atomic E-state index is 10.9. The number of carbonyl (C=O) groups is 1. The Bertz CT molecular complexity index is 261. The van der Waals surface area contributed by atoms with Crippen molar-refractivity contribution in [1.29, 1.82) is 0 Å². The molecular formula is C7H7BO2. The Hall–Kier alpha value is -1.25. The van der Waals surface area contributed by atoms with Gasteiger partial charge in [-0.2, -0.15) is 0 Å². The van der Waals surface area contributed by atoms with Crippen molar-refractivity contribution in [2.75, 3.05) is 0 Å². The van der Waals surface area contributed by atoms with Crippen LogP contribution in [0.2, 0.25) is 0 Å². The Morgan fingerprint density at radius 2 is 2.20 bits per heavy atom. The first-order valence-electron chi connectivity index (χ1n) is 2.99. The molecule has 0 fully saturated rings. The van der Waals surface area contributed by atoms with E-state index >= 15 is 0 Å². The molecule has 1 aliphatic rings. The van der Waals surface area contributed by atoms with Crippen molar-refractivity contribution in [3.63, 3.8) is 0 Å². The summed E-state index contributed by atoms with van der Waals surface area (Å²) in [5.74, 6) is 1.54. The van der Waals surface area contributed by atoms with Gasteiger partial charge in [-0.15, -0.1) is 5.98 Å². The van der Waals surface area contributed by atoms with E-state index < -0.39 is 0 Å². The molecule has 0 atom stereocenters. The third kappa shape index (κ3) is 0.636. The monoisotopic (exact) mass is 134 g/mol. The second-order valence-corrected chi connectivity index (χ2v) is 2.00. The van der Waals surface area contributed by atoms with Crippen molar-refractivity contribution in [3.05, 3.63) is 35.5 Å². The smallest absolute Gasteiger partial charge is 0.199 e. The second-order valence-electron chi connectivity index (χ2n) is 2.00. The van der Waals surface area contributed by atoms with Crippen LogP contribution in [0.1, 0.15) is 0 Å². The molecule has 0 saturated heterocycles. The van der Waals surface area contributed by atoms with Crippen LogP contribution in [0.15, 0.2) is 35.5 Å². The maximum Gasteiger partial charge on any atom is 0.199 e. The van der Waals surface area contributed by atoms with E-state index in [2.05, 4.69) is 6.58 Å². The SMILES string of the molecule is B/C=C1/C(=O)C(C=C)=C1O. The topological polar surface area (TPSA) is 37.3 Å². The molecule has 1 rings (SSSR count). The Labute approximate surface area is 60.0 Å². The summed E-state index contributed by atoms with van der Waals surface area (Å²) in [4.78, 5) is 10.9. The molecular weight excluding hydrogens is 127 g/mol. The molecule has 3 heteroatoms. The van der Waals surface area contributed by atoms with Gasteiger partial charge in [0.2, 0.25) is 0 Å². The Balaban J connectivity index is 3.10. The zero-order valence-electron chi connectivity index (χ0n) is 5.72. The van der Waals surface area contributed by atoms with Crippen LogP contribution in [0, 0.1) is 0 Å². The number of hydrogen-bond donors (Lipinski definition) is 1. The second kappa shape index (κ2) is 2.18. The largest absolute Gasteiger partial charge is 0.506 e. The molecule has 1 aliphatic carbocycles. The van der Waals surface area contributed by atoms with Gasteiger partial charge in [0.1, 0.15) is 13.6 Å². The summed E-state index contributed by atoms with van der Waals surface area (Å²) in [6.07, 6.45) is 1.37. The lowest BCUT2D eigenvalue weighted by Gasteiger charge is -2.17. The number of Topliss-reactive ketones (excluding diaryl/α,β-unsaturated/α-hetero) is 1. The average Bonchev–Trinajstić information content (AvgIpc) is 1.90. The number of rotatable bonds is 1. The van der Waals surface area contributed by atoms with E-state index in [4.69, 9.17) is 5.11 Å². The first kappa shape index (κ1) is 6.87. The molecule has 0 spiro atoms. The normalized spacial score (nSPS) is 21.2. The van der Waals surface area contributed by atoms with Gasteiger partial charge < -0.3 is 5.11 Å². The Kier molecular flexibility index (Phi) is 1.49. The zero-order chi connectivity index (χ0) is 7.72. The summed E-state index contributed by atoms with van der Waals surface area (Å²) in [5, 5.41) is 9.06. The minimum absolute atomic E-state index is 0.0718. The van der Waals surface area contributed by atoms with Crippen molar-refractivity contribution in [2.45, 2.75) is 0 Å². The lowest BCUT2D eigenvalue weighted by molar-refractivity contribution is -0.113. The van der Waals surface area contributed by atoms with Crippen molar-refractivity contribution in [2.24, 2.45) is 0 Å². The van der Waals surface area contributed by atoms with Gasteiger partial charge in [0.15, 0.2) is 5.78 Å². The van der Waals surface area contributed by atoms with Gasteiger partial charge in [-0.3, -0.25) is 4.79 Å². The van der Waals surface area contributed by atoms with E-state index in [1.165, 1.54) is 6.08 Å². The Morgan fingerprint density at radius 3 is 2.50 bits per heavy atom. The highest BCUT2D eigenvalue weighted by Crippen LogP contribution is 2.27.